The highest BCUT2D eigenvalue weighted by molar-refractivity contribution is 6.31. The van der Waals surface area contributed by atoms with Gasteiger partial charge < -0.3 is 5.32 Å². The maximum absolute atomic E-state index is 12.0. The number of non-ortho nitro benzene ring substituents is 1. The zero-order chi connectivity index (χ0) is 15.4. The number of carbonyl (C=O) groups is 1. The van der Waals surface area contributed by atoms with Gasteiger partial charge in [-0.05, 0) is 30.2 Å². The Kier molecular flexibility index (Phi) is 4.55. The van der Waals surface area contributed by atoms with Gasteiger partial charge >= 0.3 is 0 Å². The molecule has 0 unspecified atom stereocenters. The molecule has 0 spiro atoms. The lowest BCUT2D eigenvalue weighted by Gasteiger charge is -2.08. The summed E-state index contributed by atoms with van der Waals surface area (Å²) in [6.45, 7) is 1.87. The number of nitro groups is 1. The standard InChI is InChI=1S/C15H13ClN2O3/c1-10-2-5-12(16)9-14(10)17-15(19)8-11-3-6-13(7-4-11)18(20)21/h2-7,9H,8H2,1H3,(H,17,19). The van der Waals surface area contributed by atoms with Crippen LogP contribution in [-0.4, -0.2) is 10.8 Å². The third-order valence-electron chi connectivity index (χ3n) is 2.99. The van der Waals surface area contributed by atoms with E-state index in [-0.39, 0.29) is 18.0 Å². The number of anilines is 1. The largest absolute Gasteiger partial charge is 0.326 e. The van der Waals surface area contributed by atoms with Gasteiger partial charge in [0.05, 0.1) is 11.3 Å². The molecule has 0 aliphatic rings. The van der Waals surface area contributed by atoms with Crippen molar-refractivity contribution in [3.8, 4) is 0 Å². The SMILES string of the molecule is Cc1ccc(Cl)cc1NC(=O)Cc1ccc([N+](=O)[O-])cc1. The summed E-state index contributed by atoms with van der Waals surface area (Å²) in [6.07, 6.45) is 0.143. The topological polar surface area (TPSA) is 72.2 Å². The molecule has 0 fully saturated rings. The summed E-state index contributed by atoms with van der Waals surface area (Å²) < 4.78 is 0. The van der Waals surface area contributed by atoms with E-state index >= 15 is 0 Å². The van der Waals surface area contributed by atoms with E-state index in [9.17, 15) is 14.9 Å². The monoisotopic (exact) mass is 304 g/mol. The van der Waals surface area contributed by atoms with Crippen LogP contribution in [0.5, 0.6) is 0 Å². The van der Waals surface area contributed by atoms with Gasteiger partial charge in [0.15, 0.2) is 0 Å². The second-order valence-electron chi connectivity index (χ2n) is 4.61. The number of amides is 1. The third kappa shape index (κ3) is 4.03. The van der Waals surface area contributed by atoms with Gasteiger partial charge in [0.2, 0.25) is 5.91 Å². The van der Waals surface area contributed by atoms with Crippen molar-refractivity contribution < 1.29 is 9.72 Å². The Labute approximate surface area is 126 Å². The fraction of sp³-hybridized carbons (Fsp3) is 0.133. The van der Waals surface area contributed by atoms with Crippen LogP contribution in [0.15, 0.2) is 42.5 Å². The van der Waals surface area contributed by atoms with Gasteiger partial charge in [0.1, 0.15) is 0 Å². The van der Waals surface area contributed by atoms with Crippen LogP contribution in [0.4, 0.5) is 11.4 Å². The lowest BCUT2D eigenvalue weighted by molar-refractivity contribution is -0.384. The predicted molar refractivity (Wildman–Crippen MR) is 81.6 cm³/mol. The Bertz CT molecular complexity index is 684. The number of halogens is 1. The molecule has 0 aliphatic carbocycles. The van der Waals surface area contributed by atoms with Crippen LogP contribution in [-0.2, 0) is 11.2 Å². The van der Waals surface area contributed by atoms with Gasteiger partial charge in [0.25, 0.3) is 5.69 Å². The number of benzene rings is 2. The van der Waals surface area contributed by atoms with E-state index in [0.29, 0.717) is 16.3 Å². The van der Waals surface area contributed by atoms with E-state index in [1.165, 1.54) is 12.1 Å². The highest BCUT2D eigenvalue weighted by Crippen LogP contribution is 2.20. The molecule has 6 heteroatoms. The summed E-state index contributed by atoms with van der Waals surface area (Å²) in [4.78, 5) is 22.1. The van der Waals surface area contributed by atoms with Crippen molar-refractivity contribution in [1.82, 2.24) is 0 Å². The molecular formula is C15H13ClN2O3. The Morgan fingerprint density at radius 3 is 2.52 bits per heavy atom. The molecule has 1 amide bonds. The summed E-state index contributed by atoms with van der Waals surface area (Å²) in [6, 6.07) is 11.2. The van der Waals surface area contributed by atoms with Crippen LogP contribution in [0.1, 0.15) is 11.1 Å². The van der Waals surface area contributed by atoms with Crippen molar-refractivity contribution in [1.29, 1.82) is 0 Å². The first kappa shape index (κ1) is 15.0. The summed E-state index contributed by atoms with van der Waals surface area (Å²) in [5.41, 5.74) is 2.29. The van der Waals surface area contributed by atoms with Crippen LogP contribution >= 0.6 is 11.6 Å². The summed E-state index contributed by atoms with van der Waals surface area (Å²) in [5, 5.41) is 13.9. The second-order valence-corrected chi connectivity index (χ2v) is 5.04. The zero-order valence-electron chi connectivity index (χ0n) is 11.3. The predicted octanol–water partition coefficient (Wildman–Crippen LogP) is 3.74. The quantitative estimate of drug-likeness (QED) is 0.691. The number of nitrogens with one attached hydrogen (secondary N) is 1. The normalized spacial score (nSPS) is 10.2. The molecule has 0 saturated carbocycles. The van der Waals surface area contributed by atoms with Crippen molar-refractivity contribution in [2.45, 2.75) is 13.3 Å². The van der Waals surface area contributed by atoms with E-state index in [1.54, 1.807) is 24.3 Å². The minimum absolute atomic E-state index is 0.00448. The maximum Gasteiger partial charge on any atom is 0.269 e. The molecule has 2 aromatic carbocycles. The molecule has 2 aromatic rings. The second kappa shape index (κ2) is 6.37. The van der Waals surface area contributed by atoms with Crippen molar-refractivity contribution in [3.63, 3.8) is 0 Å². The van der Waals surface area contributed by atoms with Gasteiger partial charge in [-0.3, -0.25) is 14.9 Å². The van der Waals surface area contributed by atoms with E-state index < -0.39 is 4.92 Å². The molecule has 108 valence electrons. The number of nitro benzene ring substituents is 1. The average Bonchev–Trinajstić information content (AvgIpc) is 2.43. The Hall–Kier alpha value is -2.40. The zero-order valence-corrected chi connectivity index (χ0v) is 12.1. The Balaban J connectivity index is 2.04. The number of aryl methyl sites for hydroxylation is 1. The van der Waals surface area contributed by atoms with Gasteiger partial charge in [-0.25, -0.2) is 0 Å². The molecular weight excluding hydrogens is 292 g/mol. The van der Waals surface area contributed by atoms with E-state index in [1.807, 2.05) is 13.0 Å². The fourth-order valence-electron chi connectivity index (χ4n) is 1.84. The fourth-order valence-corrected chi connectivity index (χ4v) is 2.02. The average molecular weight is 305 g/mol. The number of carbonyl (C=O) groups excluding carboxylic acids is 1. The van der Waals surface area contributed by atoms with Crippen molar-refractivity contribution >= 4 is 28.9 Å². The molecule has 5 nitrogen and oxygen atoms in total. The minimum Gasteiger partial charge on any atom is -0.326 e. The summed E-state index contributed by atoms with van der Waals surface area (Å²) >= 11 is 5.89. The van der Waals surface area contributed by atoms with Crippen molar-refractivity contribution in [2.75, 3.05) is 5.32 Å². The van der Waals surface area contributed by atoms with Crippen LogP contribution in [0.2, 0.25) is 5.02 Å². The minimum atomic E-state index is -0.473. The van der Waals surface area contributed by atoms with Gasteiger partial charge in [-0.1, -0.05) is 29.8 Å². The van der Waals surface area contributed by atoms with Gasteiger partial charge in [-0.15, -0.1) is 0 Å². The lowest BCUT2D eigenvalue weighted by Crippen LogP contribution is -2.15. The maximum atomic E-state index is 12.0. The molecule has 0 heterocycles. The molecule has 21 heavy (non-hydrogen) atoms. The smallest absolute Gasteiger partial charge is 0.269 e. The highest BCUT2D eigenvalue weighted by Gasteiger charge is 2.09. The van der Waals surface area contributed by atoms with Crippen LogP contribution < -0.4 is 5.32 Å². The lowest BCUT2D eigenvalue weighted by atomic mass is 10.1. The van der Waals surface area contributed by atoms with E-state index in [2.05, 4.69) is 5.32 Å². The van der Waals surface area contributed by atoms with E-state index in [0.717, 1.165) is 5.56 Å². The molecule has 1 N–H and O–H groups in total. The first-order valence-electron chi connectivity index (χ1n) is 6.25. The van der Waals surface area contributed by atoms with E-state index in [4.69, 9.17) is 11.6 Å². The number of hydrogen-bond acceptors (Lipinski definition) is 3. The number of rotatable bonds is 4. The van der Waals surface area contributed by atoms with Crippen molar-refractivity contribution in [2.24, 2.45) is 0 Å². The van der Waals surface area contributed by atoms with Crippen LogP contribution in [0, 0.1) is 17.0 Å². The molecule has 0 saturated heterocycles. The van der Waals surface area contributed by atoms with Gasteiger partial charge in [-0.2, -0.15) is 0 Å². The van der Waals surface area contributed by atoms with Crippen LogP contribution in [0.25, 0.3) is 0 Å². The first-order chi connectivity index (χ1) is 9.95. The molecule has 0 aliphatic heterocycles. The molecule has 0 aromatic heterocycles. The molecule has 0 bridgehead atoms. The summed E-state index contributed by atoms with van der Waals surface area (Å²) in [5.74, 6) is -0.200. The molecule has 0 radical (unpaired) electrons. The van der Waals surface area contributed by atoms with Gasteiger partial charge in [0, 0.05) is 22.8 Å². The molecule has 0 atom stereocenters. The highest BCUT2D eigenvalue weighted by atomic mass is 35.5. The van der Waals surface area contributed by atoms with Crippen LogP contribution in [0.3, 0.4) is 0 Å². The Morgan fingerprint density at radius 1 is 1.24 bits per heavy atom. The number of hydrogen-bond donors (Lipinski definition) is 1. The Morgan fingerprint density at radius 2 is 1.90 bits per heavy atom. The molecule has 2 rings (SSSR count). The number of nitrogens with zero attached hydrogens (tertiary/aromatic N) is 1. The summed E-state index contributed by atoms with van der Waals surface area (Å²) in [7, 11) is 0. The third-order valence-corrected chi connectivity index (χ3v) is 3.22. The van der Waals surface area contributed by atoms with Crippen molar-refractivity contribution in [3.05, 3.63) is 68.7 Å². The first-order valence-corrected chi connectivity index (χ1v) is 6.63.